The average molecular weight is 411 g/mol. The first kappa shape index (κ1) is 20.4. The number of Topliss-reactive ketones (excluding diaryl/α,β-unsaturated/α-hetero) is 1. The summed E-state index contributed by atoms with van der Waals surface area (Å²) in [5, 5.41) is 0. The van der Waals surface area contributed by atoms with Gasteiger partial charge in [-0.3, -0.25) is 4.79 Å². The van der Waals surface area contributed by atoms with Crippen LogP contribution in [0.25, 0.3) is 0 Å². The van der Waals surface area contributed by atoms with Gasteiger partial charge in [0.2, 0.25) is 0 Å². The zero-order chi connectivity index (χ0) is 21.1. The highest BCUT2D eigenvalue weighted by Crippen LogP contribution is 2.40. The monoisotopic (exact) mass is 411 g/mol. The van der Waals surface area contributed by atoms with Crippen LogP contribution in [0.3, 0.4) is 0 Å². The standard InChI is InChI=1S/C24H26FNO4/c1-2-29-22-13-17(10-19(25)14-22)23(27)18-11-20-8-9-21(12-18)26(20)24(28)30-15-16-6-4-3-5-7-16/h3-7,10,13-14,18,20-21H,2,8-9,11-12,15H2,1H3. The van der Waals surface area contributed by atoms with E-state index in [1.54, 1.807) is 6.07 Å². The molecule has 2 aromatic rings. The highest BCUT2D eigenvalue weighted by Gasteiger charge is 2.46. The smallest absolute Gasteiger partial charge is 0.410 e. The maximum atomic E-state index is 13.9. The summed E-state index contributed by atoms with van der Waals surface area (Å²) in [6.45, 7) is 2.46. The molecule has 6 heteroatoms. The van der Waals surface area contributed by atoms with Gasteiger partial charge < -0.3 is 14.4 Å². The van der Waals surface area contributed by atoms with E-state index in [9.17, 15) is 14.0 Å². The molecule has 2 aliphatic heterocycles. The summed E-state index contributed by atoms with van der Waals surface area (Å²) in [5.74, 6) is -0.415. The van der Waals surface area contributed by atoms with Crippen molar-refractivity contribution in [3.05, 3.63) is 65.5 Å². The average Bonchev–Trinajstić information content (AvgIpc) is 3.01. The molecular formula is C24H26FNO4. The molecule has 4 rings (SSSR count). The summed E-state index contributed by atoms with van der Waals surface area (Å²) < 4.78 is 24.8. The van der Waals surface area contributed by atoms with Crippen molar-refractivity contribution >= 4 is 11.9 Å². The zero-order valence-corrected chi connectivity index (χ0v) is 17.1. The molecule has 2 fully saturated rings. The summed E-state index contributed by atoms with van der Waals surface area (Å²) in [6.07, 6.45) is 2.57. The Morgan fingerprint density at radius 1 is 1.07 bits per heavy atom. The van der Waals surface area contributed by atoms with Gasteiger partial charge in [0.05, 0.1) is 6.61 Å². The maximum Gasteiger partial charge on any atom is 0.410 e. The van der Waals surface area contributed by atoms with E-state index in [0.29, 0.717) is 30.8 Å². The first-order valence-corrected chi connectivity index (χ1v) is 10.5. The zero-order valence-electron chi connectivity index (χ0n) is 17.1. The van der Waals surface area contributed by atoms with Crippen molar-refractivity contribution in [3.63, 3.8) is 0 Å². The second-order valence-corrected chi connectivity index (χ2v) is 7.97. The first-order valence-electron chi connectivity index (χ1n) is 10.5. The van der Waals surface area contributed by atoms with Crippen LogP contribution < -0.4 is 4.74 Å². The molecule has 1 amide bonds. The fourth-order valence-electron chi connectivity index (χ4n) is 4.67. The molecule has 0 N–H and O–H groups in total. The molecule has 158 valence electrons. The number of ether oxygens (including phenoxy) is 2. The number of amides is 1. The van der Waals surface area contributed by atoms with E-state index in [1.165, 1.54) is 12.1 Å². The van der Waals surface area contributed by atoms with Gasteiger partial charge >= 0.3 is 6.09 Å². The fourth-order valence-corrected chi connectivity index (χ4v) is 4.67. The molecule has 0 aromatic heterocycles. The van der Waals surface area contributed by atoms with E-state index in [-0.39, 0.29) is 36.5 Å². The van der Waals surface area contributed by atoms with Crippen LogP contribution in [0, 0.1) is 11.7 Å². The summed E-state index contributed by atoms with van der Waals surface area (Å²) in [5.41, 5.74) is 1.28. The lowest BCUT2D eigenvalue weighted by Gasteiger charge is -2.37. The number of piperidine rings is 1. The van der Waals surface area contributed by atoms with Crippen LogP contribution in [0.15, 0.2) is 48.5 Å². The molecular weight excluding hydrogens is 385 g/mol. The van der Waals surface area contributed by atoms with Gasteiger partial charge in [0.15, 0.2) is 5.78 Å². The van der Waals surface area contributed by atoms with E-state index in [0.717, 1.165) is 18.4 Å². The minimum absolute atomic E-state index is 0.0131. The van der Waals surface area contributed by atoms with E-state index in [2.05, 4.69) is 0 Å². The molecule has 2 bridgehead atoms. The molecule has 2 aromatic carbocycles. The van der Waals surface area contributed by atoms with Gasteiger partial charge in [0.25, 0.3) is 0 Å². The minimum Gasteiger partial charge on any atom is -0.494 e. The van der Waals surface area contributed by atoms with E-state index in [4.69, 9.17) is 9.47 Å². The lowest BCUT2D eigenvalue weighted by Crippen LogP contribution is -2.48. The van der Waals surface area contributed by atoms with Crippen LogP contribution in [-0.2, 0) is 11.3 Å². The van der Waals surface area contributed by atoms with Gasteiger partial charge in [-0.05, 0) is 50.3 Å². The third-order valence-corrected chi connectivity index (χ3v) is 5.99. The largest absolute Gasteiger partial charge is 0.494 e. The SMILES string of the molecule is CCOc1cc(F)cc(C(=O)C2CC3CCC(C2)N3C(=O)OCc2ccccc2)c1. The first-order chi connectivity index (χ1) is 14.5. The van der Waals surface area contributed by atoms with Crippen molar-refractivity contribution in [2.75, 3.05) is 6.61 Å². The third kappa shape index (κ3) is 4.32. The Kier molecular flexibility index (Phi) is 6.02. The number of ketones is 1. The van der Waals surface area contributed by atoms with Crippen molar-refractivity contribution in [1.29, 1.82) is 0 Å². The molecule has 2 aliphatic rings. The molecule has 2 atom stereocenters. The number of benzene rings is 2. The van der Waals surface area contributed by atoms with Gasteiger partial charge in [-0.1, -0.05) is 30.3 Å². The Morgan fingerprint density at radius 2 is 1.77 bits per heavy atom. The number of hydrogen-bond donors (Lipinski definition) is 0. The molecule has 0 aliphatic carbocycles. The summed E-state index contributed by atoms with van der Waals surface area (Å²) >= 11 is 0. The predicted octanol–water partition coefficient (Wildman–Crippen LogP) is 4.99. The Hall–Kier alpha value is -2.89. The van der Waals surface area contributed by atoms with E-state index < -0.39 is 5.82 Å². The molecule has 0 spiro atoms. The summed E-state index contributed by atoms with van der Waals surface area (Å²) in [4.78, 5) is 27.6. The van der Waals surface area contributed by atoms with Gasteiger partial charge in [-0.25, -0.2) is 9.18 Å². The Bertz CT molecular complexity index is 903. The lowest BCUT2D eigenvalue weighted by atomic mass is 9.85. The van der Waals surface area contributed by atoms with Crippen molar-refractivity contribution in [3.8, 4) is 5.75 Å². The van der Waals surface area contributed by atoms with E-state index in [1.807, 2.05) is 42.2 Å². The second-order valence-electron chi connectivity index (χ2n) is 7.97. The van der Waals surface area contributed by atoms with Crippen LogP contribution in [0.2, 0.25) is 0 Å². The Balaban J connectivity index is 1.41. The van der Waals surface area contributed by atoms with Crippen LogP contribution in [0.1, 0.15) is 48.5 Å². The van der Waals surface area contributed by atoms with E-state index >= 15 is 0 Å². The van der Waals surface area contributed by atoms with Gasteiger partial charge in [0, 0.05) is 29.6 Å². The number of hydrogen-bond acceptors (Lipinski definition) is 4. The molecule has 30 heavy (non-hydrogen) atoms. The maximum absolute atomic E-state index is 13.9. The van der Waals surface area contributed by atoms with Crippen molar-refractivity contribution < 1.29 is 23.5 Å². The molecule has 2 heterocycles. The normalized spacial score (nSPS) is 22.6. The lowest BCUT2D eigenvalue weighted by molar-refractivity contribution is 0.0485. The number of carbonyl (C=O) groups excluding carboxylic acids is 2. The topological polar surface area (TPSA) is 55.8 Å². The van der Waals surface area contributed by atoms with Gasteiger partial charge in [0.1, 0.15) is 18.2 Å². The molecule has 0 saturated carbocycles. The number of rotatable bonds is 6. The second kappa shape index (κ2) is 8.86. The Labute approximate surface area is 175 Å². The minimum atomic E-state index is -0.478. The molecule has 2 saturated heterocycles. The van der Waals surface area contributed by atoms with Crippen molar-refractivity contribution in [2.45, 2.75) is 51.3 Å². The van der Waals surface area contributed by atoms with Crippen LogP contribution in [0.5, 0.6) is 5.75 Å². The van der Waals surface area contributed by atoms with Crippen molar-refractivity contribution in [1.82, 2.24) is 4.90 Å². The number of carbonyl (C=O) groups is 2. The van der Waals surface area contributed by atoms with Crippen LogP contribution in [0.4, 0.5) is 9.18 Å². The number of nitrogens with zero attached hydrogens (tertiary/aromatic N) is 1. The van der Waals surface area contributed by atoms with Crippen molar-refractivity contribution in [2.24, 2.45) is 5.92 Å². The predicted molar refractivity (Wildman–Crippen MR) is 110 cm³/mol. The third-order valence-electron chi connectivity index (χ3n) is 5.99. The highest BCUT2D eigenvalue weighted by molar-refractivity contribution is 5.98. The Morgan fingerprint density at radius 3 is 2.43 bits per heavy atom. The number of fused-ring (bicyclic) bond motifs is 2. The molecule has 2 unspecified atom stereocenters. The van der Waals surface area contributed by atoms with Crippen LogP contribution in [-0.4, -0.2) is 35.5 Å². The van der Waals surface area contributed by atoms with Gasteiger partial charge in [-0.2, -0.15) is 0 Å². The summed E-state index contributed by atoms with van der Waals surface area (Å²) in [6, 6.07) is 13.7. The molecule has 0 radical (unpaired) electrons. The van der Waals surface area contributed by atoms with Crippen LogP contribution >= 0.6 is 0 Å². The molecule has 5 nitrogen and oxygen atoms in total. The summed E-state index contributed by atoms with van der Waals surface area (Å²) in [7, 11) is 0. The highest BCUT2D eigenvalue weighted by atomic mass is 19.1. The fraction of sp³-hybridized carbons (Fsp3) is 0.417. The quantitative estimate of drug-likeness (QED) is 0.629. The van der Waals surface area contributed by atoms with Gasteiger partial charge in [-0.15, -0.1) is 0 Å². The number of halogens is 1.